The first-order valence-corrected chi connectivity index (χ1v) is 8.25. The Morgan fingerprint density at radius 3 is 2.23 bits per heavy atom. The van der Waals surface area contributed by atoms with Crippen LogP contribution in [0, 0.1) is 0 Å². The van der Waals surface area contributed by atoms with Crippen LogP contribution >= 0.6 is 23.2 Å². The lowest BCUT2D eigenvalue weighted by atomic mass is 10.1. The molecule has 0 unspecified atom stereocenters. The van der Waals surface area contributed by atoms with Gasteiger partial charge in [0.2, 0.25) is 14.9 Å². The van der Waals surface area contributed by atoms with Crippen molar-refractivity contribution >= 4 is 56.6 Å². The summed E-state index contributed by atoms with van der Waals surface area (Å²) in [4.78, 5) is 24.9. The van der Waals surface area contributed by atoms with Crippen LogP contribution in [0.25, 0.3) is 0 Å². The van der Waals surface area contributed by atoms with Gasteiger partial charge in [-0.15, -0.1) is 0 Å². The summed E-state index contributed by atoms with van der Waals surface area (Å²) in [7, 11) is -3.45. The fourth-order valence-corrected chi connectivity index (χ4v) is 1.90. The summed E-state index contributed by atoms with van der Waals surface area (Å²) in [6.07, 6.45) is 0.971. The Balaban J connectivity index is 3.00. The largest absolute Gasteiger partial charge is 0.476 e. The number of oxime groups is 1. The highest BCUT2D eigenvalue weighted by Gasteiger charge is 2.18. The van der Waals surface area contributed by atoms with Gasteiger partial charge in [0.15, 0.2) is 5.71 Å². The molecule has 0 saturated carbocycles. The Bertz CT molecular complexity index is 700. The summed E-state index contributed by atoms with van der Waals surface area (Å²) in [6.45, 7) is 0. The highest BCUT2D eigenvalue weighted by Crippen LogP contribution is 2.12. The van der Waals surface area contributed by atoms with Gasteiger partial charge in [0.1, 0.15) is 0 Å². The van der Waals surface area contributed by atoms with Crippen LogP contribution in [0.15, 0.2) is 29.4 Å². The van der Waals surface area contributed by atoms with E-state index in [9.17, 15) is 18.0 Å². The van der Waals surface area contributed by atoms with Crippen molar-refractivity contribution in [1.29, 1.82) is 0 Å². The average Bonchev–Trinajstić information content (AvgIpc) is 2.38. The number of benzene rings is 1. The van der Waals surface area contributed by atoms with Gasteiger partial charge in [0, 0.05) is 11.3 Å². The number of carbonyl (C=O) groups excluding carboxylic acids is 1. The number of hydrogen-bond donors (Lipinski definition) is 2. The van der Waals surface area contributed by atoms with Gasteiger partial charge in [0.25, 0.3) is 0 Å². The fourth-order valence-electron chi connectivity index (χ4n) is 1.26. The molecule has 2 N–H and O–H groups in total. The minimum atomic E-state index is -3.45. The highest BCUT2D eigenvalue weighted by molar-refractivity contribution is 7.92. The van der Waals surface area contributed by atoms with Crippen LogP contribution in [-0.2, 0) is 24.4 Å². The van der Waals surface area contributed by atoms with Gasteiger partial charge >= 0.3 is 11.9 Å². The van der Waals surface area contributed by atoms with Gasteiger partial charge in [-0.05, 0) is 12.1 Å². The summed E-state index contributed by atoms with van der Waals surface area (Å²) in [6, 6.07) is 5.21. The molecule has 0 aromatic heterocycles. The maximum atomic E-state index is 11.1. The number of rotatable bonds is 6. The molecule has 0 saturated heterocycles. The van der Waals surface area contributed by atoms with Gasteiger partial charge < -0.3 is 9.94 Å². The standard InChI is InChI=1S/C11H10Cl2N2O6S/c1-22(19,20)15-7-4-2-6(3-5-7)8(10(16)17)14-21-11(18)9(12)13/h2-5,9,15H,1H3,(H,16,17). The first-order chi connectivity index (χ1) is 10.1. The Morgan fingerprint density at radius 1 is 1.27 bits per heavy atom. The highest BCUT2D eigenvalue weighted by atomic mass is 35.5. The van der Waals surface area contributed by atoms with Crippen LogP contribution in [0.2, 0.25) is 0 Å². The van der Waals surface area contributed by atoms with Crippen LogP contribution in [-0.4, -0.2) is 42.3 Å². The minimum absolute atomic E-state index is 0.0834. The molecule has 22 heavy (non-hydrogen) atoms. The molecule has 0 heterocycles. The number of carbonyl (C=O) groups is 2. The van der Waals surface area contributed by atoms with E-state index in [4.69, 9.17) is 28.3 Å². The summed E-state index contributed by atoms with van der Waals surface area (Å²) in [5.74, 6) is -2.59. The zero-order valence-electron chi connectivity index (χ0n) is 11.0. The predicted octanol–water partition coefficient (Wildman–Crippen LogP) is 1.19. The normalized spacial score (nSPS) is 12.1. The zero-order valence-corrected chi connectivity index (χ0v) is 13.3. The van der Waals surface area contributed by atoms with Crippen molar-refractivity contribution in [3.05, 3.63) is 29.8 Å². The maximum absolute atomic E-state index is 11.1. The lowest BCUT2D eigenvalue weighted by molar-refractivity contribution is -0.141. The average molecular weight is 369 g/mol. The van der Waals surface area contributed by atoms with Gasteiger partial charge in [-0.1, -0.05) is 40.5 Å². The number of aliphatic carboxylic acids is 1. The molecule has 1 aromatic carbocycles. The third-order valence-electron chi connectivity index (χ3n) is 2.07. The van der Waals surface area contributed by atoms with Crippen molar-refractivity contribution in [2.45, 2.75) is 4.84 Å². The van der Waals surface area contributed by atoms with E-state index in [0.29, 0.717) is 0 Å². The van der Waals surface area contributed by atoms with E-state index in [0.717, 1.165) is 6.26 Å². The third-order valence-corrected chi connectivity index (χ3v) is 3.03. The number of carboxylic acids is 1. The molecule has 1 aromatic rings. The molecule has 0 aliphatic rings. The SMILES string of the molecule is CS(=O)(=O)Nc1ccc(C(=NOC(=O)C(Cl)Cl)C(=O)O)cc1. The topological polar surface area (TPSA) is 122 Å². The molecule has 0 atom stereocenters. The molecule has 0 spiro atoms. The second-order valence-electron chi connectivity index (χ2n) is 3.91. The molecule has 120 valence electrons. The summed E-state index contributed by atoms with van der Waals surface area (Å²) >= 11 is 10.5. The molecule has 11 heteroatoms. The van der Waals surface area contributed by atoms with Crippen LogP contribution in [0.3, 0.4) is 0 Å². The van der Waals surface area contributed by atoms with Crippen LogP contribution in [0.5, 0.6) is 0 Å². The summed E-state index contributed by atoms with van der Waals surface area (Å²) < 4.78 is 24.3. The maximum Gasteiger partial charge on any atom is 0.367 e. The van der Waals surface area contributed by atoms with Crippen molar-refractivity contribution in [3.63, 3.8) is 0 Å². The van der Waals surface area contributed by atoms with Crippen LogP contribution < -0.4 is 4.72 Å². The third kappa shape index (κ3) is 5.88. The Hall–Kier alpha value is -1.84. The van der Waals surface area contributed by atoms with Crippen molar-refractivity contribution < 1.29 is 28.0 Å². The van der Waals surface area contributed by atoms with Gasteiger partial charge in [-0.25, -0.2) is 18.0 Å². The van der Waals surface area contributed by atoms with Crippen LogP contribution in [0.1, 0.15) is 5.56 Å². The van der Waals surface area contributed by atoms with E-state index >= 15 is 0 Å². The van der Waals surface area contributed by atoms with Gasteiger partial charge in [0.05, 0.1) is 6.26 Å². The number of alkyl halides is 2. The lowest BCUT2D eigenvalue weighted by Crippen LogP contribution is -2.18. The first-order valence-electron chi connectivity index (χ1n) is 5.48. The van der Waals surface area contributed by atoms with E-state index in [1.165, 1.54) is 24.3 Å². The molecule has 1 rings (SSSR count). The van der Waals surface area contributed by atoms with Gasteiger partial charge in [-0.2, -0.15) is 0 Å². The Morgan fingerprint density at radius 2 is 1.82 bits per heavy atom. The zero-order chi connectivity index (χ0) is 16.9. The van der Waals surface area contributed by atoms with Gasteiger partial charge in [-0.3, -0.25) is 4.72 Å². The van der Waals surface area contributed by atoms with E-state index in [1.54, 1.807) is 0 Å². The minimum Gasteiger partial charge on any atom is -0.476 e. The molecule has 0 aliphatic heterocycles. The molecular formula is C11H10Cl2N2O6S. The van der Waals surface area contributed by atoms with Crippen molar-refractivity contribution in [1.82, 2.24) is 0 Å². The van der Waals surface area contributed by atoms with E-state index in [1.807, 2.05) is 0 Å². The molecule has 0 aliphatic carbocycles. The second-order valence-corrected chi connectivity index (χ2v) is 6.75. The molecule has 0 fully saturated rings. The first kappa shape index (κ1) is 18.2. The number of nitrogens with one attached hydrogen (secondary N) is 1. The quantitative estimate of drug-likeness (QED) is 0.336. The number of sulfonamides is 1. The molecular weight excluding hydrogens is 359 g/mol. The van der Waals surface area contributed by atoms with E-state index in [-0.39, 0.29) is 11.3 Å². The molecule has 0 radical (unpaired) electrons. The molecule has 0 amide bonds. The Kier molecular flexibility index (Phi) is 6.15. The van der Waals surface area contributed by atoms with Crippen molar-refractivity contribution in [2.24, 2.45) is 5.16 Å². The number of carboxylic acid groups (broad SMARTS) is 1. The lowest BCUT2D eigenvalue weighted by Gasteiger charge is -2.05. The van der Waals surface area contributed by atoms with E-state index in [2.05, 4.69) is 14.7 Å². The monoisotopic (exact) mass is 368 g/mol. The fraction of sp³-hybridized carbons (Fsp3) is 0.182. The number of hydrogen-bond acceptors (Lipinski definition) is 6. The molecule has 8 nitrogen and oxygen atoms in total. The molecule has 0 bridgehead atoms. The number of anilines is 1. The van der Waals surface area contributed by atoms with E-state index < -0.39 is 32.5 Å². The van der Waals surface area contributed by atoms with Crippen molar-refractivity contribution in [3.8, 4) is 0 Å². The number of nitrogens with zero attached hydrogens (tertiary/aromatic N) is 1. The smallest absolute Gasteiger partial charge is 0.367 e. The summed E-state index contributed by atoms with van der Waals surface area (Å²) in [5.41, 5.74) is -0.261. The Labute approximate surface area is 135 Å². The van der Waals surface area contributed by atoms with Crippen LogP contribution in [0.4, 0.5) is 5.69 Å². The predicted molar refractivity (Wildman–Crippen MR) is 80.7 cm³/mol. The second kappa shape index (κ2) is 7.43. The number of halogens is 2. The summed E-state index contributed by atoms with van der Waals surface area (Å²) in [5, 5.41) is 12.2. The van der Waals surface area contributed by atoms with Crippen molar-refractivity contribution in [2.75, 3.05) is 11.0 Å².